The highest BCUT2D eigenvalue weighted by Gasteiger charge is 2.31. The number of amides is 3. The summed E-state index contributed by atoms with van der Waals surface area (Å²) in [5, 5.41) is 6.40. The van der Waals surface area contributed by atoms with Crippen molar-refractivity contribution in [1.29, 1.82) is 0 Å². The van der Waals surface area contributed by atoms with Gasteiger partial charge in [-0.3, -0.25) is 9.69 Å². The first-order chi connectivity index (χ1) is 11.0. The summed E-state index contributed by atoms with van der Waals surface area (Å²) in [4.78, 5) is 33.4. The first kappa shape index (κ1) is 16.2. The number of likely N-dealkylation sites (tertiary alicyclic amines) is 1. The van der Waals surface area contributed by atoms with E-state index in [2.05, 4.69) is 20.5 Å². The van der Waals surface area contributed by atoms with Gasteiger partial charge in [0.2, 0.25) is 5.91 Å². The molecule has 7 nitrogen and oxygen atoms in total. The molecule has 126 valence electrons. The Hall–Kier alpha value is -1.67. The zero-order valence-electron chi connectivity index (χ0n) is 13.6. The standard InChI is InChI=1S/C15H23N5O2S/c1-10-11(2)23-14(17-10)18-13(21)9-19-6-3-12(4-7-19)20-8-5-16-15(20)22/h12H,3-9H2,1-2H3,(H,16,22)(H,17,18,21). The van der Waals surface area contributed by atoms with Crippen LogP contribution in [0.1, 0.15) is 23.4 Å². The van der Waals surface area contributed by atoms with Crippen molar-refractivity contribution >= 4 is 28.4 Å². The number of carbonyl (C=O) groups is 2. The Labute approximate surface area is 140 Å². The summed E-state index contributed by atoms with van der Waals surface area (Å²) in [6, 6.07) is 0.358. The normalized spacial score (nSPS) is 19.9. The summed E-state index contributed by atoms with van der Waals surface area (Å²) >= 11 is 1.51. The molecule has 0 radical (unpaired) electrons. The van der Waals surface area contributed by atoms with Gasteiger partial charge < -0.3 is 15.5 Å². The van der Waals surface area contributed by atoms with Crippen molar-refractivity contribution < 1.29 is 9.59 Å². The Bertz CT molecular complexity index is 575. The summed E-state index contributed by atoms with van der Waals surface area (Å²) in [7, 11) is 0. The van der Waals surface area contributed by atoms with Crippen molar-refractivity contribution in [2.24, 2.45) is 0 Å². The molecule has 1 aromatic heterocycles. The molecule has 3 rings (SSSR count). The largest absolute Gasteiger partial charge is 0.336 e. The first-order valence-corrected chi connectivity index (χ1v) is 8.85. The molecule has 2 saturated heterocycles. The summed E-state index contributed by atoms with van der Waals surface area (Å²) in [6.07, 6.45) is 1.85. The van der Waals surface area contributed by atoms with Gasteiger partial charge in [0.25, 0.3) is 0 Å². The molecule has 3 amide bonds. The van der Waals surface area contributed by atoms with Crippen LogP contribution in [0.3, 0.4) is 0 Å². The lowest BCUT2D eigenvalue weighted by Crippen LogP contribution is -2.47. The highest BCUT2D eigenvalue weighted by atomic mass is 32.1. The van der Waals surface area contributed by atoms with E-state index in [1.54, 1.807) is 0 Å². The summed E-state index contributed by atoms with van der Waals surface area (Å²) in [6.45, 7) is 7.57. The zero-order chi connectivity index (χ0) is 16.4. The molecule has 2 fully saturated rings. The van der Waals surface area contributed by atoms with Gasteiger partial charge >= 0.3 is 6.03 Å². The second kappa shape index (κ2) is 6.84. The number of anilines is 1. The molecule has 3 heterocycles. The van der Waals surface area contributed by atoms with Crippen LogP contribution < -0.4 is 10.6 Å². The van der Waals surface area contributed by atoms with E-state index in [4.69, 9.17) is 0 Å². The Morgan fingerprint density at radius 1 is 1.35 bits per heavy atom. The minimum absolute atomic E-state index is 0.0175. The second-order valence-corrected chi connectivity index (χ2v) is 7.34. The number of nitrogens with zero attached hydrogens (tertiary/aromatic N) is 3. The van der Waals surface area contributed by atoms with Crippen LogP contribution in [-0.2, 0) is 4.79 Å². The van der Waals surface area contributed by atoms with Crippen LogP contribution in [-0.4, -0.2) is 65.5 Å². The van der Waals surface area contributed by atoms with E-state index in [0.29, 0.717) is 17.7 Å². The van der Waals surface area contributed by atoms with E-state index >= 15 is 0 Å². The van der Waals surface area contributed by atoms with Crippen LogP contribution >= 0.6 is 11.3 Å². The van der Waals surface area contributed by atoms with Gasteiger partial charge in [0.05, 0.1) is 12.2 Å². The van der Waals surface area contributed by atoms with Gasteiger partial charge in [0.15, 0.2) is 5.13 Å². The molecule has 0 aliphatic carbocycles. The topological polar surface area (TPSA) is 77.6 Å². The lowest BCUT2D eigenvalue weighted by atomic mass is 10.0. The summed E-state index contributed by atoms with van der Waals surface area (Å²) in [5.74, 6) is -0.0175. The third-order valence-electron chi connectivity index (χ3n) is 4.53. The molecule has 0 bridgehead atoms. The van der Waals surface area contributed by atoms with Gasteiger partial charge in [-0.2, -0.15) is 0 Å². The first-order valence-electron chi connectivity index (χ1n) is 8.03. The van der Waals surface area contributed by atoms with Gasteiger partial charge in [0.1, 0.15) is 0 Å². The van der Waals surface area contributed by atoms with E-state index < -0.39 is 0 Å². The number of aromatic nitrogens is 1. The Kier molecular flexibility index (Phi) is 4.82. The Balaban J connectivity index is 1.45. The van der Waals surface area contributed by atoms with Gasteiger partial charge in [-0.15, -0.1) is 11.3 Å². The molecule has 0 aromatic carbocycles. The average Bonchev–Trinajstić information content (AvgIpc) is 3.06. The third-order valence-corrected chi connectivity index (χ3v) is 5.52. The van der Waals surface area contributed by atoms with E-state index in [0.717, 1.165) is 49.6 Å². The van der Waals surface area contributed by atoms with E-state index in [1.807, 2.05) is 18.7 Å². The van der Waals surface area contributed by atoms with Crippen LogP contribution in [0.2, 0.25) is 0 Å². The molecule has 0 unspecified atom stereocenters. The SMILES string of the molecule is Cc1nc(NC(=O)CN2CCC(N3CCNC3=O)CC2)sc1C. The number of hydrogen-bond donors (Lipinski definition) is 2. The fraction of sp³-hybridized carbons (Fsp3) is 0.667. The van der Waals surface area contributed by atoms with Crippen LogP contribution in [0.5, 0.6) is 0 Å². The summed E-state index contributed by atoms with van der Waals surface area (Å²) in [5.41, 5.74) is 0.968. The van der Waals surface area contributed by atoms with Gasteiger partial charge in [-0.05, 0) is 26.7 Å². The third kappa shape index (κ3) is 3.81. The van der Waals surface area contributed by atoms with E-state index in [-0.39, 0.29) is 11.9 Å². The van der Waals surface area contributed by atoms with E-state index in [1.165, 1.54) is 11.3 Å². The Morgan fingerprint density at radius 3 is 2.65 bits per heavy atom. The fourth-order valence-electron chi connectivity index (χ4n) is 3.11. The predicted octanol–water partition coefficient (Wildman–Crippen LogP) is 1.19. The smallest absolute Gasteiger partial charge is 0.317 e. The number of carbonyl (C=O) groups excluding carboxylic acids is 2. The van der Waals surface area contributed by atoms with Gasteiger partial charge in [-0.1, -0.05) is 0 Å². The van der Waals surface area contributed by atoms with Crippen LogP contribution in [0.25, 0.3) is 0 Å². The molecule has 1 aromatic rings. The Morgan fingerprint density at radius 2 is 2.09 bits per heavy atom. The maximum atomic E-state index is 12.1. The number of hydrogen-bond acceptors (Lipinski definition) is 5. The monoisotopic (exact) mass is 337 g/mol. The number of aryl methyl sites for hydroxylation is 2. The van der Waals surface area contributed by atoms with Crippen molar-refractivity contribution in [1.82, 2.24) is 20.1 Å². The van der Waals surface area contributed by atoms with Crippen molar-refractivity contribution in [3.63, 3.8) is 0 Å². The quantitative estimate of drug-likeness (QED) is 0.865. The minimum atomic E-state index is -0.0175. The highest BCUT2D eigenvalue weighted by molar-refractivity contribution is 7.15. The van der Waals surface area contributed by atoms with Crippen molar-refractivity contribution in [3.05, 3.63) is 10.6 Å². The fourth-order valence-corrected chi connectivity index (χ4v) is 3.94. The maximum Gasteiger partial charge on any atom is 0.317 e. The highest BCUT2D eigenvalue weighted by Crippen LogP contribution is 2.21. The number of nitrogens with one attached hydrogen (secondary N) is 2. The molecule has 2 aliphatic rings. The number of rotatable bonds is 4. The molecule has 23 heavy (non-hydrogen) atoms. The lowest BCUT2D eigenvalue weighted by Gasteiger charge is -2.35. The number of urea groups is 1. The minimum Gasteiger partial charge on any atom is -0.336 e. The molecule has 0 spiro atoms. The van der Waals surface area contributed by atoms with E-state index in [9.17, 15) is 9.59 Å². The molecule has 2 N–H and O–H groups in total. The summed E-state index contributed by atoms with van der Waals surface area (Å²) < 4.78 is 0. The average molecular weight is 337 g/mol. The van der Waals surface area contributed by atoms with Crippen LogP contribution in [0.15, 0.2) is 0 Å². The molecule has 0 saturated carbocycles. The van der Waals surface area contributed by atoms with Crippen molar-refractivity contribution in [3.8, 4) is 0 Å². The molecule has 8 heteroatoms. The second-order valence-electron chi connectivity index (χ2n) is 6.14. The molecule has 0 atom stereocenters. The van der Waals surface area contributed by atoms with Gasteiger partial charge in [-0.25, -0.2) is 9.78 Å². The van der Waals surface area contributed by atoms with Gasteiger partial charge in [0, 0.05) is 37.1 Å². The van der Waals surface area contributed by atoms with Crippen molar-refractivity contribution in [2.45, 2.75) is 32.7 Å². The molecule has 2 aliphatic heterocycles. The molecular formula is C15H23N5O2S. The number of thiazole rings is 1. The predicted molar refractivity (Wildman–Crippen MR) is 89.8 cm³/mol. The number of piperidine rings is 1. The molecular weight excluding hydrogens is 314 g/mol. The van der Waals surface area contributed by atoms with Crippen LogP contribution in [0, 0.1) is 13.8 Å². The van der Waals surface area contributed by atoms with Crippen LogP contribution in [0.4, 0.5) is 9.93 Å². The zero-order valence-corrected chi connectivity index (χ0v) is 14.4. The van der Waals surface area contributed by atoms with Crippen molar-refractivity contribution in [2.75, 3.05) is 38.0 Å². The maximum absolute atomic E-state index is 12.1. The lowest BCUT2D eigenvalue weighted by molar-refractivity contribution is -0.117.